The molecule has 0 heterocycles. The van der Waals surface area contributed by atoms with E-state index in [1.165, 1.54) is 6.92 Å². The number of carbonyl (C=O) groups excluding carboxylic acids is 1. The van der Waals surface area contributed by atoms with Gasteiger partial charge in [-0.05, 0) is 18.4 Å². The highest BCUT2D eigenvalue weighted by molar-refractivity contribution is 5.67. The van der Waals surface area contributed by atoms with Crippen molar-refractivity contribution in [3.05, 3.63) is 35.9 Å². The topological polar surface area (TPSA) is 26.3 Å². The number of esters is 1. The van der Waals surface area contributed by atoms with E-state index in [1.807, 2.05) is 30.3 Å². The smallest absolute Gasteiger partial charge is 0.303 e. The van der Waals surface area contributed by atoms with Crippen molar-refractivity contribution in [2.75, 3.05) is 0 Å². The molecule has 0 spiro atoms. The van der Waals surface area contributed by atoms with Crippen molar-refractivity contribution in [3.63, 3.8) is 0 Å². The fourth-order valence-electron chi connectivity index (χ4n) is 1.58. The Bertz CT molecular complexity index is 312. The van der Waals surface area contributed by atoms with Gasteiger partial charge in [0.1, 0.15) is 5.60 Å². The second kappa shape index (κ2) is 2.87. The molecule has 0 aliphatic heterocycles. The summed E-state index contributed by atoms with van der Waals surface area (Å²) in [5.41, 5.74) is 0.831. The zero-order valence-corrected chi connectivity index (χ0v) is 7.62. The molecular weight excluding hydrogens is 164 g/mol. The Morgan fingerprint density at radius 3 is 2.38 bits per heavy atom. The van der Waals surface area contributed by atoms with E-state index in [0.29, 0.717) is 0 Å². The lowest BCUT2D eigenvalue weighted by atomic mass is 10.1. The first-order chi connectivity index (χ1) is 6.23. The molecule has 0 radical (unpaired) electrons. The van der Waals surface area contributed by atoms with Crippen LogP contribution in [-0.4, -0.2) is 5.97 Å². The first-order valence-electron chi connectivity index (χ1n) is 4.48. The summed E-state index contributed by atoms with van der Waals surface area (Å²) in [4.78, 5) is 10.9. The molecule has 2 rings (SSSR count). The highest BCUT2D eigenvalue weighted by Gasteiger charge is 2.47. The molecule has 13 heavy (non-hydrogen) atoms. The number of hydrogen-bond donors (Lipinski definition) is 0. The van der Waals surface area contributed by atoms with Crippen LogP contribution in [0.3, 0.4) is 0 Å². The second-order valence-corrected chi connectivity index (χ2v) is 3.45. The van der Waals surface area contributed by atoms with Crippen molar-refractivity contribution in [2.24, 2.45) is 0 Å². The number of carbonyl (C=O) groups is 1. The Hall–Kier alpha value is -1.31. The number of hydrogen-bond acceptors (Lipinski definition) is 2. The molecule has 0 atom stereocenters. The molecule has 1 aromatic carbocycles. The normalized spacial score (nSPS) is 17.9. The lowest BCUT2D eigenvalue weighted by Crippen LogP contribution is -2.15. The second-order valence-electron chi connectivity index (χ2n) is 3.45. The molecular formula is C11H12O2. The van der Waals surface area contributed by atoms with Crippen LogP contribution in [0.2, 0.25) is 0 Å². The number of benzene rings is 1. The first-order valence-corrected chi connectivity index (χ1v) is 4.48. The van der Waals surface area contributed by atoms with Crippen molar-refractivity contribution < 1.29 is 9.53 Å². The zero-order chi connectivity index (χ0) is 9.31. The fourth-order valence-corrected chi connectivity index (χ4v) is 1.58. The zero-order valence-electron chi connectivity index (χ0n) is 7.62. The fraction of sp³-hybridized carbons (Fsp3) is 0.364. The maximum absolute atomic E-state index is 10.9. The maximum Gasteiger partial charge on any atom is 0.303 e. The Morgan fingerprint density at radius 2 is 1.92 bits per heavy atom. The molecule has 1 aromatic rings. The molecule has 1 fully saturated rings. The lowest BCUT2D eigenvalue weighted by molar-refractivity contribution is -0.149. The molecule has 2 nitrogen and oxygen atoms in total. The molecule has 68 valence electrons. The summed E-state index contributed by atoms with van der Waals surface area (Å²) in [5.74, 6) is -0.193. The summed E-state index contributed by atoms with van der Waals surface area (Å²) in [6.07, 6.45) is 1.91. The Morgan fingerprint density at radius 1 is 1.31 bits per heavy atom. The van der Waals surface area contributed by atoms with Crippen LogP contribution in [0.25, 0.3) is 0 Å². The predicted molar refractivity (Wildman–Crippen MR) is 49.1 cm³/mol. The van der Waals surface area contributed by atoms with Gasteiger partial charge < -0.3 is 4.74 Å². The maximum atomic E-state index is 10.9. The lowest BCUT2D eigenvalue weighted by Gasteiger charge is -2.15. The molecule has 0 aromatic heterocycles. The van der Waals surface area contributed by atoms with Crippen LogP contribution < -0.4 is 0 Å². The van der Waals surface area contributed by atoms with E-state index in [-0.39, 0.29) is 11.6 Å². The number of rotatable bonds is 2. The Balaban J connectivity index is 2.21. The molecule has 1 saturated carbocycles. The van der Waals surface area contributed by atoms with Gasteiger partial charge in [0.2, 0.25) is 0 Å². The third-order valence-electron chi connectivity index (χ3n) is 2.34. The van der Waals surface area contributed by atoms with Crippen molar-refractivity contribution in [3.8, 4) is 0 Å². The molecule has 2 heteroatoms. The molecule has 1 aliphatic carbocycles. The SMILES string of the molecule is CC(=O)OC1(c2ccccc2)CC1. The Labute approximate surface area is 77.5 Å². The van der Waals surface area contributed by atoms with Crippen LogP contribution in [0.5, 0.6) is 0 Å². The minimum absolute atomic E-state index is 0.193. The standard InChI is InChI=1S/C11H12O2/c1-9(12)13-11(7-8-11)10-5-3-2-4-6-10/h2-6H,7-8H2,1H3. The highest BCUT2D eigenvalue weighted by Crippen LogP contribution is 2.49. The van der Waals surface area contributed by atoms with Gasteiger partial charge in [-0.2, -0.15) is 0 Å². The minimum atomic E-state index is -0.285. The van der Waals surface area contributed by atoms with E-state index < -0.39 is 0 Å². The largest absolute Gasteiger partial charge is 0.454 e. The minimum Gasteiger partial charge on any atom is -0.454 e. The van der Waals surface area contributed by atoms with Crippen LogP contribution in [0.15, 0.2) is 30.3 Å². The third kappa shape index (κ3) is 1.57. The van der Waals surface area contributed by atoms with Crippen LogP contribution in [0, 0.1) is 0 Å². The average molecular weight is 176 g/mol. The van der Waals surface area contributed by atoms with Crippen LogP contribution in [0.4, 0.5) is 0 Å². The predicted octanol–water partition coefficient (Wildman–Crippen LogP) is 2.24. The van der Waals surface area contributed by atoms with Crippen molar-refractivity contribution in [1.82, 2.24) is 0 Å². The summed E-state index contributed by atoms with van der Waals surface area (Å²) in [7, 11) is 0. The van der Waals surface area contributed by atoms with Gasteiger partial charge in [-0.25, -0.2) is 0 Å². The van der Waals surface area contributed by atoms with Gasteiger partial charge in [-0.1, -0.05) is 30.3 Å². The van der Waals surface area contributed by atoms with Gasteiger partial charge in [0.25, 0.3) is 0 Å². The molecule has 0 unspecified atom stereocenters. The molecule has 0 bridgehead atoms. The van der Waals surface area contributed by atoms with E-state index in [4.69, 9.17) is 4.74 Å². The van der Waals surface area contributed by atoms with E-state index in [1.54, 1.807) is 0 Å². The van der Waals surface area contributed by atoms with E-state index in [0.717, 1.165) is 18.4 Å². The van der Waals surface area contributed by atoms with Gasteiger partial charge in [0.15, 0.2) is 0 Å². The molecule has 0 N–H and O–H groups in total. The average Bonchev–Trinajstić information content (AvgIpc) is 2.86. The summed E-state index contributed by atoms with van der Waals surface area (Å²) >= 11 is 0. The summed E-state index contributed by atoms with van der Waals surface area (Å²) in [6.45, 7) is 1.46. The Kier molecular flexibility index (Phi) is 1.83. The van der Waals surface area contributed by atoms with E-state index in [9.17, 15) is 4.79 Å². The van der Waals surface area contributed by atoms with Crippen molar-refractivity contribution >= 4 is 5.97 Å². The first kappa shape index (κ1) is 8.30. The van der Waals surface area contributed by atoms with Crippen LogP contribution in [-0.2, 0) is 15.1 Å². The highest BCUT2D eigenvalue weighted by atomic mass is 16.6. The van der Waals surface area contributed by atoms with Crippen LogP contribution in [0.1, 0.15) is 25.3 Å². The molecule has 1 aliphatic rings. The summed E-state index contributed by atoms with van der Waals surface area (Å²) < 4.78 is 5.30. The van der Waals surface area contributed by atoms with Gasteiger partial charge >= 0.3 is 5.97 Å². The van der Waals surface area contributed by atoms with Gasteiger partial charge in [-0.3, -0.25) is 4.79 Å². The summed E-state index contributed by atoms with van der Waals surface area (Å²) in [6, 6.07) is 9.93. The molecule has 0 amide bonds. The van der Waals surface area contributed by atoms with Crippen molar-refractivity contribution in [2.45, 2.75) is 25.4 Å². The van der Waals surface area contributed by atoms with Crippen LogP contribution >= 0.6 is 0 Å². The van der Waals surface area contributed by atoms with Gasteiger partial charge in [0.05, 0.1) is 0 Å². The van der Waals surface area contributed by atoms with E-state index >= 15 is 0 Å². The monoisotopic (exact) mass is 176 g/mol. The van der Waals surface area contributed by atoms with Gasteiger partial charge in [0, 0.05) is 6.92 Å². The van der Waals surface area contributed by atoms with E-state index in [2.05, 4.69) is 0 Å². The van der Waals surface area contributed by atoms with Crippen molar-refractivity contribution in [1.29, 1.82) is 0 Å². The summed E-state index contributed by atoms with van der Waals surface area (Å²) in [5, 5.41) is 0. The van der Waals surface area contributed by atoms with Gasteiger partial charge in [-0.15, -0.1) is 0 Å². The third-order valence-corrected chi connectivity index (χ3v) is 2.34. The number of ether oxygens (including phenoxy) is 1. The quantitative estimate of drug-likeness (QED) is 0.646. The molecule has 0 saturated heterocycles.